The molecule has 0 radical (unpaired) electrons. The Morgan fingerprint density at radius 1 is 0.843 bits per heavy atom. The average molecular weight is 707 g/mol. The summed E-state index contributed by atoms with van der Waals surface area (Å²) in [7, 11) is 0. The number of hydrogen-bond donors (Lipinski definition) is 4. The SMILES string of the molecule is CC(CNCCO)[C@@H]1CC[C@]2(COC3CCCCO3)CC[C@]3(C)[C@H](CC[C@@H]4[C@@]5(C)CCC(NCCc6ccc(O)cc6)C(C)(C)[C@@H]5CC[C@]43C)[C@@H]12. The fourth-order valence-corrected chi connectivity index (χ4v) is 14.8. The van der Waals surface area contributed by atoms with Gasteiger partial charge < -0.3 is 30.3 Å². The highest BCUT2D eigenvalue weighted by molar-refractivity contribution is 5.26. The molecule has 7 rings (SSSR count). The van der Waals surface area contributed by atoms with Gasteiger partial charge in [-0.1, -0.05) is 53.7 Å². The molecule has 1 heterocycles. The summed E-state index contributed by atoms with van der Waals surface area (Å²) in [5.41, 5.74) is 2.92. The number of aromatic hydroxyl groups is 1. The van der Waals surface area contributed by atoms with Gasteiger partial charge in [0.25, 0.3) is 0 Å². The molecule has 1 aromatic carbocycles. The second-order valence-corrected chi connectivity index (χ2v) is 20.1. The zero-order valence-electron chi connectivity index (χ0n) is 33.3. The summed E-state index contributed by atoms with van der Waals surface area (Å²) in [6.07, 6.45) is 17.9. The van der Waals surface area contributed by atoms with Gasteiger partial charge in [0, 0.05) is 19.2 Å². The Labute approximate surface area is 311 Å². The minimum Gasteiger partial charge on any atom is -0.508 e. The number of phenolic OH excluding ortho intramolecular Hbond substituents is 1. The quantitative estimate of drug-likeness (QED) is 0.163. The van der Waals surface area contributed by atoms with Crippen molar-refractivity contribution in [3.05, 3.63) is 29.8 Å². The van der Waals surface area contributed by atoms with Gasteiger partial charge in [0.1, 0.15) is 5.75 Å². The topological polar surface area (TPSA) is 83.0 Å². The number of ether oxygens (including phenoxy) is 2. The van der Waals surface area contributed by atoms with E-state index in [0.717, 1.165) is 56.9 Å². The number of aliphatic hydroxyl groups is 1. The van der Waals surface area contributed by atoms with Crippen molar-refractivity contribution in [2.75, 3.05) is 39.5 Å². The van der Waals surface area contributed by atoms with E-state index in [0.29, 0.717) is 52.3 Å². The van der Waals surface area contributed by atoms with Crippen LogP contribution in [-0.2, 0) is 15.9 Å². The molecule has 51 heavy (non-hydrogen) atoms. The molecule has 4 N–H and O–H groups in total. The van der Waals surface area contributed by atoms with Gasteiger partial charge in [0.05, 0.1) is 13.2 Å². The summed E-state index contributed by atoms with van der Waals surface area (Å²) in [5.74, 6) is 4.65. The number of phenols is 1. The van der Waals surface area contributed by atoms with Crippen LogP contribution in [0, 0.1) is 62.6 Å². The predicted octanol–water partition coefficient (Wildman–Crippen LogP) is 8.74. The minimum absolute atomic E-state index is 0.00552. The first-order chi connectivity index (χ1) is 24.4. The lowest BCUT2D eigenvalue weighted by molar-refractivity contribution is -0.252. The molecular formula is C45H74N2O4. The van der Waals surface area contributed by atoms with Crippen molar-refractivity contribution in [1.29, 1.82) is 0 Å². The lowest BCUT2D eigenvalue weighted by Crippen LogP contribution is -2.67. The third-order valence-corrected chi connectivity index (χ3v) is 17.6. The fourth-order valence-electron chi connectivity index (χ4n) is 14.8. The summed E-state index contributed by atoms with van der Waals surface area (Å²) in [6.45, 7) is 20.7. The zero-order chi connectivity index (χ0) is 36.1. The number of aliphatic hydroxyl groups excluding tert-OH is 1. The van der Waals surface area contributed by atoms with Crippen LogP contribution in [0.2, 0.25) is 0 Å². The van der Waals surface area contributed by atoms with E-state index in [2.05, 4.69) is 64.3 Å². The van der Waals surface area contributed by atoms with E-state index in [1.165, 1.54) is 82.6 Å². The van der Waals surface area contributed by atoms with Crippen LogP contribution in [-0.4, -0.2) is 62.0 Å². The lowest BCUT2D eigenvalue weighted by atomic mass is 9.32. The maximum Gasteiger partial charge on any atom is 0.157 e. The number of fused-ring (bicyclic) bond motifs is 7. The maximum atomic E-state index is 9.72. The Morgan fingerprint density at radius 2 is 1.65 bits per heavy atom. The van der Waals surface area contributed by atoms with Crippen LogP contribution in [0.3, 0.4) is 0 Å². The molecule has 6 fully saturated rings. The molecule has 3 unspecified atom stereocenters. The van der Waals surface area contributed by atoms with Crippen molar-refractivity contribution in [1.82, 2.24) is 10.6 Å². The summed E-state index contributed by atoms with van der Waals surface area (Å²) < 4.78 is 12.9. The summed E-state index contributed by atoms with van der Waals surface area (Å²) in [5, 5.41) is 26.9. The molecule has 6 aliphatic rings. The lowest BCUT2D eigenvalue weighted by Gasteiger charge is -2.73. The van der Waals surface area contributed by atoms with Gasteiger partial charge in [-0.15, -0.1) is 0 Å². The highest BCUT2D eigenvalue weighted by Gasteiger charge is 2.71. The van der Waals surface area contributed by atoms with Crippen molar-refractivity contribution in [2.45, 2.75) is 144 Å². The normalized spacial score (nSPS) is 43.8. The molecule has 0 spiro atoms. The van der Waals surface area contributed by atoms with Crippen molar-refractivity contribution < 1.29 is 19.7 Å². The summed E-state index contributed by atoms with van der Waals surface area (Å²) >= 11 is 0. The monoisotopic (exact) mass is 707 g/mol. The van der Waals surface area contributed by atoms with Crippen molar-refractivity contribution >= 4 is 0 Å². The third-order valence-electron chi connectivity index (χ3n) is 17.6. The van der Waals surface area contributed by atoms with E-state index >= 15 is 0 Å². The highest BCUT2D eigenvalue weighted by Crippen LogP contribution is 2.77. The predicted molar refractivity (Wildman–Crippen MR) is 206 cm³/mol. The number of nitrogens with one attached hydrogen (secondary N) is 2. The molecule has 6 nitrogen and oxygen atoms in total. The minimum atomic E-state index is -0.00552. The highest BCUT2D eigenvalue weighted by atomic mass is 16.7. The molecule has 1 aliphatic heterocycles. The molecule has 0 bridgehead atoms. The molecular weight excluding hydrogens is 633 g/mol. The Hall–Kier alpha value is -1.18. The largest absolute Gasteiger partial charge is 0.508 e. The van der Waals surface area contributed by atoms with Crippen LogP contribution in [0.4, 0.5) is 0 Å². The zero-order valence-corrected chi connectivity index (χ0v) is 33.3. The van der Waals surface area contributed by atoms with Crippen LogP contribution in [0.1, 0.15) is 131 Å². The van der Waals surface area contributed by atoms with Crippen molar-refractivity contribution in [3.8, 4) is 5.75 Å². The van der Waals surface area contributed by atoms with Gasteiger partial charge >= 0.3 is 0 Å². The van der Waals surface area contributed by atoms with Gasteiger partial charge in [-0.05, 0) is 183 Å². The van der Waals surface area contributed by atoms with Crippen LogP contribution >= 0.6 is 0 Å². The first-order valence-electron chi connectivity index (χ1n) is 21.4. The first-order valence-corrected chi connectivity index (χ1v) is 21.4. The van der Waals surface area contributed by atoms with Gasteiger partial charge in [0.15, 0.2) is 6.29 Å². The number of hydrogen-bond acceptors (Lipinski definition) is 6. The smallest absolute Gasteiger partial charge is 0.157 e. The molecule has 0 aromatic heterocycles. The maximum absolute atomic E-state index is 9.72. The Kier molecular flexibility index (Phi) is 11.1. The van der Waals surface area contributed by atoms with Gasteiger partial charge in [-0.2, -0.15) is 0 Å². The third kappa shape index (κ3) is 6.65. The summed E-state index contributed by atoms with van der Waals surface area (Å²) in [4.78, 5) is 0. The molecule has 1 saturated heterocycles. The molecule has 1 aromatic rings. The number of rotatable bonds is 12. The standard InChI is InChI=1S/C45H74N2O4/c1-31(29-46-26-27-48)34-16-22-45(30-51-39-9-7-8-28-50-39)24-23-43(5)35(40(34)45)14-15-37-42(4)20-18-38(41(2,3)36(42)17-21-44(37,43)6)47-25-19-32-10-12-33(49)13-11-32/h10-13,31,34-40,46-49H,7-9,14-30H2,1-6H3/t31?,34-,35+,36-,37+,38?,39?,40+,42-,43+,44+,45+/m0/s1. The van der Waals surface area contributed by atoms with Crippen molar-refractivity contribution in [2.24, 2.45) is 62.6 Å². The van der Waals surface area contributed by atoms with E-state index in [1.807, 2.05) is 12.1 Å². The average Bonchev–Trinajstić information content (AvgIpc) is 3.50. The second-order valence-electron chi connectivity index (χ2n) is 20.1. The van der Waals surface area contributed by atoms with Crippen molar-refractivity contribution in [3.63, 3.8) is 0 Å². The Balaban J connectivity index is 1.10. The molecule has 5 saturated carbocycles. The van der Waals surface area contributed by atoms with E-state index in [9.17, 15) is 10.2 Å². The van der Waals surface area contributed by atoms with Crippen LogP contribution in [0.5, 0.6) is 5.75 Å². The van der Waals surface area contributed by atoms with Gasteiger partial charge in [-0.25, -0.2) is 0 Å². The molecule has 0 amide bonds. The second kappa shape index (κ2) is 14.8. The Bertz CT molecular complexity index is 1310. The van der Waals surface area contributed by atoms with Crippen LogP contribution in [0.25, 0.3) is 0 Å². The fraction of sp³-hybridized carbons (Fsp3) is 0.867. The van der Waals surface area contributed by atoms with E-state index in [1.54, 1.807) is 0 Å². The Morgan fingerprint density at radius 3 is 2.39 bits per heavy atom. The van der Waals surface area contributed by atoms with Crippen LogP contribution in [0.15, 0.2) is 24.3 Å². The van der Waals surface area contributed by atoms with Crippen LogP contribution < -0.4 is 10.6 Å². The summed E-state index contributed by atoms with van der Waals surface area (Å²) in [6, 6.07) is 8.31. The first kappa shape index (κ1) is 38.1. The van der Waals surface area contributed by atoms with E-state index < -0.39 is 0 Å². The molecule has 6 heteroatoms. The van der Waals surface area contributed by atoms with Gasteiger partial charge in [0.2, 0.25) is 0 Å². The van der Waals surface area contributed by atoms with E-state index in [4.69, 9.17) is 9.47 Å². The van der Waals surface area contributed by atoms with E-state index in [-0.39, 0.29) is 23.7 Å². The molecule has 12 atom stereocenters. The van der Waals surface area contributed by atoms with Gasteiger partial charge in [-0.3, -0.25) is 0 Å². The molecule has 5 aliphatic carbocycles. The molecule has 288 valence electrons. The number of benzene rings is 1.